The van der Waals surface area contributed by atoms with Crippen LogP contribution >= 0.6 is 0 Å². The van der Waals surface area contributed by atoms with Crippen LogP contribution in [0.25, 0.3) is 0 Å². The van der Waals surface area contributed by atoms with E-state index in [1.54, 1.807) is 0 Å². The second kappa shape index (κ2) is 6.55. The van der Waals surface area contributed by atoms with E-state index in [9.17, 15) is 5.11 Å². The first-order valence-electron chi connectivity index (χ1n) is 8.80. The number of nitrogens with zero attached hydrogens (tertiary/aromatic N) is 1. The average molecular weight is 323 g/mol. The Morgan fingerprint density at radius 3 is 2.12 bits per heavy atom. The number of aliphatic hydroxyl groups is 1. The van der Waals surface area contributed by atoms with Gasteiger partial charge in [0.15, 0.2) is 0 Å². The molecule has 4 heteroatoms. The second-order valence-electron chi connectivity index (χ2n) is 6.74. The number of nitrogens with one attached hydrogen (secondary N) is 2. The Labute approximate surface area is 143 Å². The van der Waals surface area contributed by atoms with Crippen LogP contribution in [0.15, 0.2) is 48.5 Å². The third-order valence-corrected chi connectivity index (χ3v) is 5.39. The van der Waals surface area contributed by atoms with Crippen molar-refractivity contribution in [2.75, 3.05) is 25.0 Å². The van der Waals surface area contributed by atoms with E-state index < -0.39 is 6.10 Å². The van der Waals surface area contributed by atoms with E-state index in [-0.39, 0.29) is 12.1 Å². The van der Waals surface area contributed by atoms with Gasteiger partial charge in [0.2, 0.25) is 0 Å². The zero-order valence-electron chi connectivity index (χ0n) is 14.1. The molecule has 0 saturated carbocycles. The Bertz CT molecular complexity index is 670. The van der Waals surface area contributed by atoms with Gasteiger partial charge in [-0.15, -0.1) is 0 Å². The highest BCUT2D eigenvalue weighted by atomic mass is 16.3. The third kappa shape index (κ3) is 2.61. The topological polar surface area (TPSA) is 47.5 Å². The van der Waals surface area contributed by atoms with Crippen LogP contribution in [0.5, 0.6) is 0 Å². The molecule has 1 saturated heterocycles. The van der Waals surface area contributed by atoms with Gasteiger partial charge in [0.25, 0.3) is 0 Å². The van der Waals surface area contributed by atoms with Gasteiger partial charge in [-0.3, -0.25) is 0 Å². The van der Waals surface area contributed by atoms with E-state index in [2.05, 4.69) is 64.1 Å². The minimum atomic E-state index is -0.421. The number of benzene rings is 2. The molecule has 2 aromatic carbocycles. The zero-order chi connectivity index (χ0) is 16.5. The van der Waals surface area contributed by atoms with Crippen molar-refractivity contribution < 1.29 is 5.11 Å². The van der Waals surface area contributed by atoms with E-state index in [0.717, 1.165) is 25.9 Å². The number of anilines is 2. The van der Waals surface area contributed by atoms with Crippen molar-refractivity contribution in [1.29, 1.82) is 0 Å². The molecule has 0 aliphatic carbocycles. The van der Waals surface area contributed by atoms with E-state index >= 15 is 0 Å². The number of hydrogen-bond acceptors (Lipinski definition) is 4. The van der Waals surface area contributed by atoms with Gasteiger partial charge in [0, 0.05) is 30.5 Å². The molecular weight excluding hydrogens is 298 g/mol. The van der Waals surface area contributed by atoms with Gasteiger partial charge in [-0.1, -0.05) is 36.4 Å². The highest BCUT2D eigenvalue weighted by Crippen LogP contribution is 2.38. The highest BCUT2D eigenvalue weighted by Gasteiger charge is 2.37. The number of hydrogen-bond donors (Lipinski definition) is 3. The summed E-state index contributed by atoms with van der Waals surface area (Å²) in [5.41, 5.74) is 5.16. The van der Waals surface area contributed by atoms with Crippen molar-refractivity contribution in [3.8, 4) is 0 Å². The van der Waals surface area contributed by atoms with Gasteiger partial charge in [-0.2, -0.15) is 0 Å². The normalized spacial score (nSPS) is 26.4. The van der Waals surface area contributed by atoms with Gasteiger partial charge >= 0.3 is 0 Å². The van der Waals surface area contributed by atoms with Gasteiger partial charge in [0.1, 0.15) is 0 Å². The minimum absolute atomic E-state index is 0.0107. The Kier molecular flexibility index (Phi) is 4.27. The van der Waals surface area contributed by atoms with Crippen molar-refractivity contribution in [2.24, 2.45) is 0 Å². The van der Waals surface area contributed by atoms with Crippen molar-refractivity contribution in [1.82, 2.24) is 10.6 Å². The first-order chi connectivity index (χ1) is 11.8. The molecule has 2 aliphatic heterocycles. The van der Waals surface area contributed by atoms with Crippen LogP contribution < -0.4 is 15.5 Å². The fourth-order valence-corrected chi connectivity index (χ4v) is 4.08. The number of para-hydroxylation sites is 2. The molecule has 3 N–H and O–H groups in total. The van der Waals surface area contributed by atoms with Crippen LogP contribution in [0.2, 0.25) is 0 Å². The number of likely N-dealkylation sites (N-methyl/N-ethyl adjacent to an activating group) is 1. The van der Waals surface area contributed by atoms with Crippen LogP contribution in [0.3, 0.4) is 0 Å². The molecule has 2 aliphatic rings. The maximum atomic E-state index is 11.0. The SMILES string of the molecule is CNC1CNCC(N2c3ccccc3CCc3ccccc32)[C@H]1O. The summed E-state index contributed by atoms with van der Waals surface area (Å²) < 4.78 is 0. The Hall–Kier alpha value is -1.88. The molecule has 3 atom stereocenters. The summed E-state index contributed by atoms with van der Waals surface area (Å²) in [6, 6.07) is 17.3. The lowest BCUT2D eigenvalue weighted by molar-refractivity contribution is 0.0839. The summed E-state index contributed by atoms with van der Waals surface area (Å²) in [6.07, 6.45) is 1.65. The third-order valence-electron chi connectivity index (χ3n) is 5.39. The monoisotopic (exact) mass is 323 g/mol. The molecule has 4 nitrogen and oxygen atoms in total. The molecular formula is C20H25N3O. The number of rotatable bonds is 2. The molecule has 24 heavy (non-hydrogen) atoms. The lowest BCUT2D eigenvalue weighted by atomic mass is 9.95. The van der Waals surface area contributed by atoms with Gasteiger partial charge in [-0.05, 0) is 43.1 Å². The highest BCUT2D eigenvalue weighted by molar-refractivity contribution is 5.72. The molecule has 0 amide bonds. The molecule has 2 unspecified atom stereocenters. The molecule has 2 heterocycles. The van der Waals surface area contributed by atoms with E-state index in [4.69, 9.17) is 0 Å². The standard InChI is InChI=1S/C20H25N3O/c1-21-16-12-22-13-19(20(16)24)23-17-8-4-2-6-14(17)10-11-15-7-3-5-9-18(15)23/h2-9,16,19-22,24H,10-13H2,1H3/t16?,19?,20-/m0/s1. The molecule has 0 aromatic heterocycles. The Morgan fingerprint density at radius 1 is 0.958 bits per heavy atom. The van der Waals surface area contributed by atoms with Crippen molar-refractivity contribution in [2.45, 2.75) is 31.0 Å². The van der Waals surface area contributed by atoms with Crippen LogP contribution in [-0.4, -0.2) is 43.4 Å². The Morgan fingerprint density at radius 2 is 1.54 bits per heavy atom. The summed E-state index contributed by atoms with van der Waals surface area (Å²) in [5, 5.41) is 17.7. The van der Waals surface area contributed by atoms with E-state index in [1.165, 1.54) is 22.5 Å². The summed E-state index contributed by atoms with van der Waals surface area (Å²) in [6.45, 7) is 1.58. The van der Waals surface area contributed by atoms with Crippen LogP contribution in [0.4, 0.5) is 11.4 Å². The van der Waals surface area contributed by atoms with Crippen LogP contribution in [0.1, 0.15) is 11.1 Å². The van der Waals surface area contributed by atoms with Crippen molar-refractivity contribution >= 4 is 11.4 Å². The second-order valence-corrected chi connectivity index (χ2v) is 6.74. The van der Waals surface area contributed by atoms with E-state index in [0.29, 0.717) is 0 Å². The predicted molar refractivity (Wildman–Crippen MR) is 97.9 cm³/mol. The number of piperidine rings is 1. The molecule has 0 radical (unpaired) electrons. The smallest absolute Gasteiger partial charge is 0.0924 e. The first-order valence-corrected chi connectivity index (χ1v) is 8.80. The van der Waals surface area contributed by atoms with Crippen molar-refractivity contribution in [3.05, 3.63) is 59.7 Å². The summed E-state index contributed by atoms with van der Waals surface area (Å²) in [5.74, 6) is 0. The number of aliphatic hydroxyl groups excluding tert-OH is 1. The fourth-order valence-electron chi connectivity index (χ4n) is 4.08. The molecule has 2 aromatic rings. The number of aryl methyl sites for hydroxylation is 2. The Balaban J connectivity index is 1.84. The van der Waals surface area contributed by atoms with Gasteiger partial charge in [0.05, 0.1) is 12.1 Å². The van der Waals surface area contributed by atoms with Crippen LogP contribution in [0, 0.1) is 0 Å². The maximum absolute atomic E-state index is 11.0. The lowest BCUT2D eigenvalue weighted by Gasteiger charge is -2.43. The molecule has 0 bridgehead atoms. The van der Waals surface area contributed by atoms with Gasteiger partial charge in [-0.25, -0.2) is 0 Å². The number of fused-ring (bicyclic) bond motifs is 2. The summed E-state index contributed by atoms with van der Waals surface area (Å²) in [4.78, 5) is 2.36. The minimum Gasteiger partial charge on any atom is -0.389 e. The average Bonchev–Trinajstić information content (AvgIpc) is 2.79. The quantitative estimate of drug-likeness (QED) is 0.789. The molecule has 4 rings (SSSR count). The first kappa shape index (κ1) is 15.6. The lowest BCUT2D eigenvalue weighted by Crippen LogP contribution is -2.63. The maximum Gasteiger partial charge on any atom is 0.0924 e. The predicted octanol–water partition coefficient (Wildman–Crippen LogP) is 1.84. The van der Waals surface area contributed by atoms with E-state index in [1.807, 2.05) is 7.05 Å². The van der Waals surface area contributed by atoms with Crippen molar-refractivity contribution in [3.63, 3.8) is 0 Å². The summed E-state index contributed by atoms with van der Waals surface area (Å²) in [7, 11) is 1.92. The zero-order valence-corrected chi connectivity index (χ0v) is 14.1. The summed E-state index contributed by atoms with van der Waals surface area (Å²) >= 11 is 0. The molecule has 1 fully saturated rings. The van der Waals surface area contributed by atoms with Crippen LogP contribution in [-0.2, 0) is 12.8 Å². The van der Waals surface area contributed by atoms with Gasteiger partial charge < -0.3 is 20.6 Å². The molecule has 0 spiro atoms. The fraction of sp³-hybridized carbons (Fsp3) is 0.400. The molecule has 126 valence electrons. The largest absolute Gasteiger partial charge is 0.389 e.